The second kappa shape index (κ2) is 11.0. The molecule has 0 aliphatic carbocycles. The number of hydrogen-bond donors (Lipinski definition) is 0. The molecule has 1 unspecified atom stereocenters. The van der Waals surface area contributed by atoms with Crippen LogP contribution in [0.25, 0.3) is 5.69 Å². The Hall–Kier alpha value is -1.68. The first-order valence-electron chi connectivity index (χ1n) is 8.17. The van der Waals surface area contributed by atoms with Gasteiger partial charge in [-0.15, -0.1) is 17.2 Å². The predicted molar refractivity (Wildman–Crippen MR) is 100.0 cm³/mol. The fourth-order valence-corrected chi connectivity index (χ4v) is 4.09. The van der Waals surface area contributed by atoms with Crippen molar-refractivity contribution in [3.05, 3.63) is 77.8 Å². The number of hydrogen-bond acceptors (Lipinski definition) is 2. The summed E-state index contributed by atoms with van der Waals surface area (Å²) in [5.41, 5.74) is 2.84. The standard InChI is InChI=1S/C14H20N3Si.C5H5.Fe/c1-4-11(3)18-14(5-2)13-10-17(16-15-13)12-8-6-7-9-12;1-2-4-5-3-1;/h4,6-10,14H,5,18H2,1-3H3;1-5H;/q-1;-5;. The summed E-state index contributed by atoms with van der Waals surface area (Å²) in [6.45, 7) is 6.59. The normalized spacial score (nSPS) is 12.5. The molecule has 0 aliphatic heterocycles. The van der Waals surface area contributed by atoms with Crippen molar-refractivity contribution in [2.75, 3.05) is 0 Å². The van der Waals surface area contributed by atoms with E-state index < -0.39 is 0 Å². The van der Waals surface area contributed by atoms with Gasteiger partial charge in [-0.25, -0.2) is 0 Å². The fourth-order valence-electron chi connectivity index (χ4n) is 2.39. The maximum atomic E-state index is 4.35. The van der Waals surface area contributed by atoms with E-state index in [4.69, 9.17) is 0 Å². The van der Waals surface area contributed by atoms with Crippen LogP contribution in [-0.2, 0) is 17.1 Å². The predicted octanol–water partition coefficient (Wildman–Crippen LogP) is 3.93. The Labute approximate surface area is 157 Å². The van der Waals surface area contributed by atoms with Gasteiger partial charge in [0.2, 0.25) is 0 Å². The molecular weight excluding hydrogens is 354 g/mol. The summed E-state index contributed by atoms with van der Waals surface area (Å²) in [4.78, 5) is 0. The molecule has 0 radical (unpaired) electrons. The molecule has 0 saturated heterocycles. The molecule has 0 spiro atoms. The molecular formula is C19H25FeN3Si-6. The smallest absolute Gasteiger partial charge is 0.0576 e. The van der Waals surface area contributed by atoms with Crippen molar-refractivity contribution in [3.8, 4) is 5.69 Å². The quantitative estimate of drug-likeness (QED) is 0.497. The molecule has 0 saturated carbocycles. The molecule has 1 heterocycles. The van der Waals surface area contributed by atoms with Crippen LogP contribution in [0.3, 0.4) is 0 Å². The first-order valence-corrected chi connectivity index (χ1v) is 9.69. The van der Waals surface area contributed by atoms with Gasteiger partial charge in [-0.3, -0.25) is 4.68 Å². The van der Waals surface area contributed by atoms with E-state index in [-0.39, 0.29) is 26.6 Å². The van der Waals surface area contributed by atoms with Crippen molar-refractivity contribution in [1.29, 1.82) is 0 Å². The van der Waals surface area contributed by atoms with Gasteiger partial charge in [-0.2, -0.15) is 12.1 Å². The second-order valence-electron chi connectivity index (χ2n) is 5.64. The van der Waals surface area contributed by atoms with Gasteiger partial charge >= 0.3 is 0 Å². The summed E-state index contributed by atoms with van der Waals surface area (Å²) in [5.74, 6) is 0. The van der Waals surface area contributed by atoms with E-state index in [9.17, 15) is 0 Å². The molecule has 24 heavy (non-hydrogen) atoms. The summed E-state index contributed by atoms with van der Waals surface area (Å²) >= 11 is 0. The third-order valence-electron chi connectivity index (χ3n) is 3.95. The molecule has 1 aromatic heterocycles. The van der Waals surface area contributed by atoms with Gasteiger partial charge < -0.3 is 30.3 Å². The van der Waals surface area contributed by atoms with E-state index in [2.05, 4.69) is 43.4 Å². The Balaban J connectivity index is 0.000000412. The van der Waals surface area contributed by atoms with Crippen LogP contribution in [0.15, 0.2) is 72.1 Å². The van der Waals surface area contributed by atoms with Crippen molar-refractivity contribution in [3.63, 3.8) is 0 Å². The average Bonchev–Trinajstić information content (AvgIpc) is 3.35. The summed E-state index contributed by atoms with van der Waals surface area (Å²) < 4.78 is 1.87. The first-order chi connectivity index (χ1) is 11.2. The van der Waals surface area contributed by atoms with Crippen LogP contribution in [0.1, 0.15) is 38.4 Å². The molecule has 0 bridgehead atoms. The van der Waals surface area contributed by atoms with Gasteiger partial charge in [-0.1, -0.05) is 29.8 Å². The van der Waals surface area contributed by atoms with Gasteiger partial charge in [0.25, 0.3) is 0 Å². The zero-order valence-corrected chi connectivity index (χ0v) is 17.1. The molecule has 0 amide bonds. The Kier molecular flexibility index (Phi) is 9.31. The molecule has 0 aliphatic rings. The minimum absolute atomic E-state index is 0. The summed E-state index contributed by atoms with van der Waals surface area (Å²) in [7, 11) is -0.257. The van der Waals surface area contributed by atoms with Gasteiger partial charge in [0, 0.05) is 22.8 Å². The van der Waals surface area contributed by atoms with E-state index in [1.54, 1.807) is 5.20 Å². The van der Waals surface area contributed by atoms with Crippen LogP contribution in [-0.4, -0.2) is 24.5 Å². The van der Waals surface area contributed by atoms with Crippen LogP contribution in [0.4, 0.5) is 0 Å². The molecule has 0 N–H and O–H groups in total. The van der Waals surface area contributed by atoms with Crippen molar-refractivity contribution >= 4 is 9.52 Å². The molecule has 2 aromatic carbocycles. The third kappa shape index (κ3) is 6.08. The van der Waals surface area contributed by atoms with Crippen LogP contribution in [0.2, 0.25) is 0 Å². The maximum absolute atomic E-state index is 4.35. The summed E-state index contributed by atoms with van der Waals surface area (Å²) in [6.07, 6.45) is 5.47. The Morgan fingerprint density at radius 1 is 1.25 bits per heavy atom. The number of allylic oxidation sites excluding steroid dienone is 2. The van der Waals surface area contributed by atoms with E-state index in [0.717, 1.165) is 17.8 Å². The minimum atomic E-state index is -0.257. The van der Waals surface area contributed by atoms with Crippen LogP contribution < -0.4 is 0 Å². The minimum Gasteiger partial charge on any atom is -0.748 e. The summed E-state index contributed by atoms with van der Waals surface area (Å²) in [6, 6.07) is 18.1. The summed E-state index contributed by atoms with van der Waals surface area (Å²) in [5, 5.41) is 10.1. The molecule has 3 rings (SSSR count). The van der Waals surface area contributed by atoms with E-state index >= 15 is 0 Å². The largest absolute Gasteiger partial charge is 0.748 e. The second-order valence-corrected chi connectivity index (χ2v) is 8.15. The third-order valence-corrected chi connectivity index (χ3v) is 6.49. The van der Waals surface area contributed by atoms with Crippen molar-refractivity contribution in [2.24, 2.45) is 0 Å². The molecule has 1 atom stereocenters. The SMILES string of the molecule is CC=C(C)[SiH2]C(CC)c1cn(-[c-]2cccc2)nn1.[Fe].[cH-]1[cH-][cH-][cH-][cH-]1. The molecule has 134 valence electrons. The molecule has 3 nitrogen and oxygen atoms in total. The van der Waals surface area contributed by atoms with E-state index in [0.29, 0.717) is 5.54 Å². The molecule has 5 heteroatoms. The van der Waals surface area contributed by atoms with Gasteiger partial charge in [0.15, 0.2) is 0 Å². The van der Waals surface area contributed by atoms with Gasteiger partial charge in [0.05, 0.1) is 9.52 Å². The van der Waals surface area contributed by atoms with Gasteiger partial charge in [0.1, 0.15) is 0 Å². The zero-order chi connectivity index (χ0) is 16.5. The Morgan fingerprint density at radius 3 is 2.33 bits per heavy atom. The van der Waals surface area contributed by atoms with E-state index in [1.165, 1.54) is 0 Å². The Morgan fingerprint density at radius 2 is 1.83 bits per heavy atom. The maximum Gasteiger partial charge on any atom is 0.0576 e. The van der Waals surface area contributed by atoms with Crippen molar-refractivity contribution < 1.29 is 17.1 Å². The zero-order valence-electron chi connectivity index (χ0n) is 14.5. The number of rotatable bonds is 5. The van der Waals surface area contributed by atoms with Crippen LogP contribution in [0.5, 0.6) is 0 Å². The van der Waals surface area contributed by atoms with Gasteiger partial charge in [-0.05, 0) is 31.3 Å². The fraction of sp³-hybridized carbons (Fsp3) is 0.263. The topological polar surface area (TPSA) is 30.7 Å². The monoisotopic (exact) mass is 379 g/mol. The van der Waals surface area contributed by atoms with Crippen molar-refractivity contribution in [2.45, 2.75) is 32.7 Å². The first kappa shape index (κ1) is 20.4. The van der Waals surface area contributed by atoms with Crippen LogP contribution >= 0.6 is 0 Å². The molecule has 3 aromatic rings. The Bertz CT molecular complexity index is 667. The van der Waals surface area contributed by atoms with E-state index in [1.807, 2.05) is 59.3 Å². The van der Waals surface area contributed by atoms with Crippen LogP contribution in [0, 0.1) is 0 Å². The molecule has 0 fully saturated rings. The number of nitrogens with zero attached hydrogens (tertiary/aromatic N) is 3. The van der Waals surface area contributed by atoms with Crippen molar-refractivity contribution in [1.82, 2.24) is 15.0 Å². The number of aromatic nitrogens is 3. The average molecular weight is 379 g/mol.